The molecule has 4 fully saturated rings. The van der Waals surface area contributed by atoms with E-state index in [2.05, 4.69) is 63.1 Å². The predicted molar refractivity (Wildman–Crippen MR) is 364 cm³/mol. The number of anilines is 4. The molecule has 26 nitrogen and oxygen atoms in total. The second-order valence-corrected chi connectivity index (χ2v) is 26.6. The summed E-state index contributed by atoms with van der Waals surface area (Å²) in [4.78, 5) is 152. The number of carbonyl (C=O) groups is 10. The highest BCUT2D eigenvalue weighted by Gasteiger charge is 2.44. The molecule has 2 aromatic heterocycles. The molecule has 4 aliphatic rings. The third-order valence-corrected chi connectivity index (χ3v) is 19.8. The topological polar surface area (TPSA) is 330 Å². The molecule has 4 saturated heterocycles. The zero-order chi connectivity index (χ0) is 67.3. The maximum atomic E-state index is 14.7. The zero-order valence-electron chi connectivity index (χ0n) is 54.9. The van der Waals surface area contributed by atoms with E-state index in [9.17, 15) is 47.9 Å². The van der Waals surface area contributed by atoms with Crippen LogP contribution in [0.1, 0.15) is 130 Å². The number of urea groups is 2. The predicted octanol–water partition coefficient (Wildman–Crippen LogP) is 6.56. The SMILES string of the molecule is CCCC(=O)Nc1nc(-c2ccccc2)c(NC(=O)[C@@H]2CCCN2C(=O)C(NC(=O)[C@H](C)NC)C2CCN(C(=O)NCCCCCCNC(=O)N3CCC([C@H](NC(=O)[C@H](C)NC)C(=O)N4CCC[C@H]4C(=O)Nc4sc(NC(=O)CCC)nc4-c4ccccc4)CC3)CC2)s1. The van der Waals surface area contributed by atoms with E-state index in [1.54, 1.807) is 47.5 Å². The molecule has 1 unspecified atom stereocenters. The molecule has 6 heterocycles. The Morgan fingerprint density at radius 1 is 0.500 bits per heavy atom. The highest BCUT2D eigenvalue weighted by Crippen LogP contribution is 2.39. The second kappa shape index (κ2) is 35.4. The Bertz CT molecular complexity index is 3030. The van der Waals surface area contributed by atoms with Crippen molar-refractivity contribution in [3.05, 3.63) is 60.7 Å². The van der Waals surface area contributed by atoms with Crippen LogP contribution >= 0.6 is 22.7 Å². The number of likely N-dealkylation sites (N-methyl/N-ethyl adjacent to an activating group) is 2. The van der Waals surface area contributed by atoms with Crippen LogP contribution in [0.15, 0.2) is 60.7 Å². The number of nitrogens with one attached hydrogen (secondary N) is 10. The van der Waals surface area contributed by atoms with Crippen LogP contribution in [-0.4, -0.2) is 192 Å². The summed E-state index contributed by atoms with van der Waals surface area (Å²) in [5.74, 6) is -3.15. The van der Waals surface area contributed by atoms with E-state index in [0.29, 0.717) is 161 Å². The van der Waals surface area contributed by atoms with Crippen LogP contribution in [0, 0.1) is 11.8 Å². The fourth-order valence-corrected chi connectivity index (χ4v) is 14.2. The number of piperidine rings is 2. The summed E-state index contributed by atoms with van der Waals surface area (Å²) in [7, 11) is 3.33. The molecule has 0 spiro atoms. The van der Waals surface area contributed by atoms with Gasteiger partial charge in [0.2, 0.25) is 47.3 Å². The standard InChI is InChI=1S/C66H94N16O10S2/c1-7-21-49(83)71-63-75-51(43-23-13-11-14-24-43)59(93-63)77-57(87)47-27-19-35-81(47)61(89)53(73-55(85)41(3)67-5)45-29-37-79(38-30-45)65(91)69-33-17-9-10-18-34-70-66(92)80-39-31-46(32-40-80)54(74-56(86)42(4)68-6)62(90)82-36-20-28-48(82)58(88)78-60-52(44-25-15-12-16-26-44)76-64(94-60)72-50(84)22-8-2/h11-16,23-26,41-42,45-48,53-54,67-68H,7-10,17-22,27-40H2,1-6H3,(H,69,91)(H,70,92)(H,73,85)(H,74,86)(H,77,87)(H,78,88)(H,71,75,83)(H,72,76,84)/t41-,42-,47-,48-,53-,54?/m0/s1. The molecular formula is C66H94N16O10S2. The van der Waals surface area contributed by atoms with Crippen LogP contribution < -0.4 is 53.2 Å². The summed E-state index contributed by atoms with van der Waals surface area (Å²) in [5, 5.41) is 31.3. The summed E-state index contributed by atoms with van der Waals surface area (Å²) in [6, 6.07) is 13.6. The molecule has 12 amide bonds. The highest BCUT2D eigenvalue weighted by atomic mass is 32.1. The second-order valence-electron chi connectivity index (χ2n) is 24.6. The molecule has 0 saturated carbocycles. The quantitative estimate of drug-likeness (QED) is 0.0258. The van der Waals surface area contributed by atoms with Gasteiger partial charge in [-0.2, -0.15) is 0 Å². The molecule has 0 bridgehead atoms. The number of rotatable bonds is 29. The third kappa shape index (κ3) is 19.3. The molecule has 510 valence electrons. The maximum Gasteiger partial charge on any atom is 0.317 e. The van der Waals surface area contributed by atoms with E-state index < -0.39 is 48.1 Å². The van der Waals surface area contributed by atoms with Crippen molar-refractivity contribution in [2.45, 2.75) is 167 Å². The fourth-order valence-electron chi connectivity index (χ4n) is 12.3. The number of amides is 12. The molecule has 0 aliphatic carbocycles. The molecule has 6 atom stereocenters. The van der Waals surface area contributed by atoms with Gasteiger partial charge in [0.1, 0.15) is 45.6 Å². The van der Waals surface area contributed by atoms with Crippen molar-refractivity contribution in [3.63, 3.8) is 0 Å². The number of thiazole rings is 2. The summed E-state index contributed by atoms with van der Waals surface area (Å²) < 4.78 is 0. The molecule has 0 radical (unpaired) electrons. The summed E-state index contributed by atoms with van der Waals surface area (Å²) >= 11 is 2.30. The summed E-state index contributed by atoms with van der Waals surface area (Å²) in [5.41, 5.74) is 2.50. The van der Waals surface area contributed by atoms with Crippen molar-refractivity contribution in [3.8, 4) is 22.5 Å². The van der Waals surface area contributed by atoms with Crippen molar-refractivity contribution in [2.24, 2.45) is 11.8 Å². The van der Waals surface area contributed by atoms with Crippen molar-refractivity contribution in [1.29, 1.82) is 0 Å². The van der Waals surface area contributed by atoms with Gasteiger partial charge < -0.3 is 72.8 Å². The van der Waals surface area contributed by atoms with Crippen LogP contribution in [0.2, 0.25) is 0 Å². The summed E-state index contributed by atoms with van der Waals surface area (Å²) in [6.45, 7) is 10.3. The van der Waals surface area contributed by atoms with Gasteiger partial charge in [0.15, 0.2) is 10.3 Å². The van der Waals surface area contributed by atoms with Gasteiger partial charge in [0.05, 0.1) is 12.1 Å². The van der Waals surface area contributed by atoms with Crippen molar-refractivity contribution in [1.82, 2.24) is 61.5 Å². The molecule has 4 aromatic rings. The van der Waals surface area contributed by atoms with Crippen LogP contribution in [0.3, 0.4) is 0 Å². The van der Waals surface area contributed by atoms with E-state index in [0.717, 1.165) is 59.5 Å². The number of likely N-dealkylation sites (tertiary alicyclic amines) is 4. The van der Waals surface area contributed by atoms with E-state index in [1.165, 1.54) is 0 Å². The first-order valence-electron chi connectivity index (χ1n) is 33.4. The van der Waals surface area contributed by atoms with Gasteiger partial charge in [-0.05, 0) is 117 Å². The number of unbranched alkanes of at least 4 members (excludes halogenated alkanes) is 3. The van der Waals surface area contributed by atoms with Gasteiger partial charge in [-0.3, -0.25) is 38.4 Å². The first kappa shape index (κ1) is 71.8. The van der Waals surface area contributed by atoms with Gasteiger partial charge in [-0.15, -0.1) is 0 Å². The molecule has 4 aliphatic heterocycles. The number of carbonyl (C=O) groups excluding carboxylic acids is 10. The number of hydrogen-bond donors (Lipinski definition) is 10. The Morgan fingerprint density at radius 2 is 0.872 bits per heavy atom. The van der Waals surface area contributed by atoms with Gasteiger partial charge in [0, 0.05) is 76.3 Å². The molecule has 2 aromatic carbocycles. The number of nitrogens with zero attached hydrogens (tertiary/aromatic N) is 6. The van der Waals surface area contributed by atoms with Crippen molar-refractivity contribution in [2.75, 3.05) is 87.7 Å². The Balaban J connectivity index is 0.764. The van der Waals surface area contributed by atoms with Crippen LogP contribution in [0.5, 0.6) is 0 Å². The van der Waals surface area contributed by atoms with Crippen LogP contribution in [0.4, 0.5) is 29.9 Å². The molecule has 10 N–H and O–H groups in total. The Labute approximate surface area is 558 Å². The number of benzene rings is 2. The van der Waals surface area contributed by atoms with E-state index >= 15 is 0 Å². The van der Waals surface area contributed by atoms with Gasteiger partial charge >= 0.3 is 12.1 Å². The monoisotopic (exact) mass is 1330 g/mol. The summed E-state index contributed by atoms with van der Waals surface area (Å²) in [6.07, 6.45) is 8.87. The zero-order valence-corrected chi connectivity index (χ0v) is 56.6. The van der Waals surface area contributed by atoms with Crippen LogP contribution in [-0.2, 0) is 38.4 Å². The molecule has 94 heavy (non-hydrogen) atoms. The van der Waals surface area contributed by atoms with E-state index in [-0.39, 0.29) is 59.3 Å². The lowest BCUT2D eigenvalue weighted by atomic mass is 9.88. The third-order valence-electron chi connectivity index (χ3n) is 18.0. The lowest BCUT2D eigenvalue weighted by Crippen LogP contribution is -2.59. The molecule has 8 rings (SSSR count). The van der Waals surface area contributed by atoms with Gasteiger partial charge in [-0.25, -0.2) is 19.6 Å². The minimum atomic E-state index is -0.931. The minimum Gasteiger partial charge on any atom is -0.343 e. The average molecular weight is 1340 g/mol. The van der Waals surface area contributed by atoms with Crippen LogP contribution in [0.25, 0.3) is 22.5 Å². The Morgan fingerprint density at radius 3 is 1.22 bits per heavy atom. The van der Waals surface area contributed by atoms with E-state index in [4.69, 9.17) is 0 Å². The maximum absolute atomic E-state index is 14.7. The first-order chi connectivity index (χ1) is 45.4. The fraction of sp³-hybridized carbons (Fsp3) is 0.576. The molecular weight excluding hydrogens is 1240 g/mol. The van der Waals surface area contributed by atoms with Crippen molar-refractivity contribution >= 4 is 102 Å². The van der Waals surface area contributed by atoms with Gasteiger partial charge in [-0.1, -0.05) is 110 Å². The lowest BCUT2D eigenvalue weighted by Gasteiger charge is -2.38. The first-order valence-corrected chi connectivity index (χ1v) is 35.0. The average Bonchev–Trinajstić information content (AvgIpc) is 1.57. The lowest BCUT2D eigenvalue weighted by molar-refractivity contribution is -0.142. The Kier molecular flexibility index (Phi) is 27.0. The Hall–Kier alpha value is -8.08. The normalized spacial score (nSPS) is 18.1. The number of aromatic nitrogens is 2. The minimum absolute atomic E-state index is 0.182. The number of hydrogen-bond acceptors (Lipinski definition) is 16. The smallest absolute Gasteiger partial charge is 0.317 e. The van der Waals surface area contributed by atoms with E-state index in [1.807, 2.05) is 74.5 Å². The largest absolute Gasteiger partial charge is 0.343 e. The molecule has 28 heteroatoms. The van der Waals surface area contributed by atoms with Gasteiger partial charge in [0.25, 0.3) is 0 Å². The van der Waals surface area contributed by atoms with Crippen molar-refractivity contribution < 1.29 is 47.9 Å². The highest BCUT2D eigenvalue weighted by molar-refractivity contribution is 7.20.